The molecule has 1 aromatic rings. The molecule has 1 aliphatic carbocycles. The van der Waals surface area contributed by atoms with Crippen molar-refractivity contribution in [3.63, 3.8) is 0 Å². The minimum Gasteiger partial charge on any atom is -0.389 e. The van der Waals surface area contributed by atoms with Crippen molar-refractivity contribution in [3.05, 3.63) is 33.2 Å². The zero-order valence-corrected chi connectivity index (χ0v) is 15.4. The summed E-state index contributed by atoms with van der Waals surface area (Å²) in [5.41, 5.74) is 12.1. The van der Waals surface area contributed by atoms with Gasteiger partial charge in [-0.3, -0.25) is 4.57 Å². The largest absolute Gasteiger partial charge is 0.697 e. The van der Waals surface area contributed by atoms with E-state index in [0.29, 0.717) is 0 Å². The van der Waals surface area contributed by atoms with Crippen molar-refractivity contribution in [2.75, 3.05) is 12.3 Å². The molecule has 2 heterocycles. The number of hydrogen-bond acceptors (Lipinski definition) is 9. The number of aliphatic hydroxyl groups is 1. The van der Waals surface area contributed by atoms with Gasteiger partial charge in [-0.25, -0.2) is 4.79 Å². The third kappa shape index (κ3) is 3.96. The van der Waals surface area contributed by atoms with Gasteiger partial charge in [-0.15, -0.1) is 9.05 Å². The maximum atomic E-state index is 12.1. The number of anilines is 1. The minimum absolute atomic E-state index is 0.0188. The molecule has 13 heteroatoms. The van der Waals surface area contributed by atoms with Crippen LogP contribution in [0.1, 0.15) is 32.4 Å². The fourth-order valence-corrected chi connectivity index (χ4v) is 3.73. The van der Waals surface area contributed by atoms with Gasteiger partial charge in [0.1, 0.15) is 30.2 Å². The molecular weight excluding hydrogens is 379 g/mol. The van der Waals surface area contributed by atoms with Gasteiger partial charge in [0, 0.05) is 15.7 Å². The Morgan fingerprint density at radius 3 is 2.96 bits per heavy atom. The van der Waals surface area contributed by atoms with Gasteiger partial charge in [-0.05, 0) is 37.8 Å². The molecule has 5 atom stereocenters. The predicted octanol–water partition coefficient (Wildman–Crippen LogP) is 1.40. The molecule has 0 radical (unpaired) electrons. The molecule has 1 saturated heterocycles. The van der Waals surface area contributed by atoms with E-state index in [-0.39, 0.29) is 18.5 Å². The molecule has 0 aromatic carbocycles. The number of ether oxygens (including phenoxy) is 1. The van der Waals surface area contributed by atoms with Crippen LogP contribution in [-0.4, -0.2) is 45.1 Å². The number of nitrogen functional groups attached to an aromatic ring is 1. The number of rotatable bonds is 7. The summed E-state index contributed by atoms with van der Waals surface area (Å²) in [5.74, 6) is 0.0188. The Hall–Kier alpha value is -2.07. The van der Waals surface area contributed by atoms with Gasteiger partial charge in [-0.1, -0.05) is 5.11 Å². The highest BCUT2D eigenvalue weighted by atomic mass is 31.1. The summed E-state index contributed by atoms with van der Waals surface area (Å²) in [6, 6.07) is 1.38. The smallest absolute Gasteiger partial charge is 0.389 e. The van der Waals surface area contributed by atoms with Gasteiger partial charge in [0.25, 0.3) is 0 Å². The topological polar surface area (TPSA) is 175 Å². The second kappa shape index (κ2) is 7.89. The summed E-state index contributed by atoms with van der Waals surface area (Å²) in [4.78, 5) is 18.5. The van der Waals surface area contributed by atoms with E-state index in [1.807, 2.05) is 0 Å². The number of nitrogens with two attached hydrogens (primary N) is 1. The standard InChI is InChI=1S/C14H19N6O6P/c1-14(18-19-16)11(21)9(7-24-27(23)26-8-3-2-4-8)25-12(14)20-6-5-10(15)17-13(20)22/h5-6,8-9,11-12,21H,2-4,7H2,1H3,(H-,15,17,22)/p+1/t9-,11-,12-,14-/m1/s1. The zero-order valence-electron chi connectivity index (χ0n) is 14.5. The van der Waals surface area contributed by atoms with Gasteiger partial charge in [0.05, 0.1) is 6.10 Å². The van der Waals surface area contributed by atoms with Crippen LogP contribution in [0.25, 0.3) is 10.4 Å². The third-order valence-corrected chi connectivity index (χ3v) is 5.58. The van der Waals surface area contributed by atoms with Crippen molar-refractivity contribution in [2.24, 2.45) is 5.11 Å². The molecule has 0 bridgehead atoms. The van der Waals surface area contributed by atoms with E-state index in [1.54, 1.807) is 0 Å². The maximum absolute atomic E-state index is 12.1. The lowest BCUT2D eigenvalue weighted by atomic mass is 9.93. The second-order valence-corrected chi connectivity index (χ2v) is 7.52. The normalized spacial score (nSPS) is 31.2. The second-order valence-electron chi connectivity index (χ2n) is 6.61. The first-order valence-electron chi connectivity index (χ1n) is 8.36. The van der Waals surface area contributed by atoms with Crippen molar-refractivity contribution >= 4 is 14.1 Å². The Balaban J connectivity index is 1.76. The molecule has 0 amide bonds. The van der Waals surface area contributed by atoms with Crippen molar-refractivity contribution in [3.8, 4) is 0 Å². The van der Waals surface area contributed by atoms with Gasteiger partial charge >= 0.3 is 13.9 Å². The first-order valence-corrected chi connectivity index (χ1v) is 9.46. The molecule has 1 saturated carbocycles. The SMILES string of the molecule is C[C@@]1(N=[N+]=[N-])[C@H](O)[C@@H](CO[P+](=O)OC2CCC2)O[C@H]1n1ccc(N)nc1=O. The molecule has 3 rings (SSSR count). The summed E-state index contributed by atoms with van der Waals surface area (Å²) < 4.78 is 29.0. The number of aliphatic hydroxyl groups excluding tert-OH is 1. The van der Waals surface area contributed by atoms with Crippen LogP contribution in [0, 0.1) is 0 Å². The molecule has 2 aliphatic rings. The van der Waals surface area contributed by atoms with Crippen molar-refractivity contribution in [1.82, 2.24) is 9.55 Å². The van der Waals surface area contributed by atoms with Crippen LogP contribution >= 0.6 is 8.25 Å². The highest BCUT2D eigenvalue weighted by Crippen LogP contribution is 2.42. The van der Waals surface area contributed by atoms with Crippen LogP contribution in [-0.2, 0) is 18.3 Å². The van der Waals surface area contributed by atoms with Crippen molar-refractivity contribution < 1.29 is 23.5 Å². The Labute approximate surface area is 154 Å². The van der Waals surface area contributed by atoms with E-state index in [2.05, 4.69) is 15.0 Å². The number of aromatic nitrogens is 2. The average Bonchev–Trinajstić information content (AvgIpc) is 2.81. The predicted molar refractivity (Wildman–Crippen MR) is 92.7 cm³/mol. The van der Waals surface area contributed by atoms with Gasteiger partial charge < -0.3 is 15.6 Å². The van der Waals surface area contributed by atoms with Gasteiger partial charge in [0.15, 0.2) is 6.23 Å². The van der Waals surface area contributed by atoms with E-state index in [9.17, 15) is 14.5 Å². The molecule has 1 unspecified atom stereocenters. The number of azide groups is 1. The lowest BCUT2D eigenvalue weighted by Gasteiger charge is -2.27. The van der Waals surface area contributed by atoms with Crippen LogP contribution in [0.15, 0.2) is 22.2 Å². The van der Waals surface area contributed by atoms with Crippen LogP contribution in [0.4, 0.5) is 5.82 Å². The van der Waals surface area contributed by atoms with E-state index >= 15 is 0 Å². The summed E-state index contributed by atoms with van der Waals surface area (Å²) >= 11 is 0. The van der Waals surface area contributed by atoms with Crippen molar-refractivity contribution in [1.29, 1.82) is 0 Å². The molecule has 146 valence electrons. The first-order chi connectivity index (χ1) is 12.8. The quantitative estimate of drug-likeness (QED) is 0.299. The summed E-state index contributed by atoms with van der Waals surface area (Å²) in [7, 11) is -2.37. The van der Waals surface area contributed by atoms with Crippen LogP contribution in [0.2, 0.25) is 0 Å². The maximum Gasteiger partial charge on any atom is 0.697 e. The molecule has 1 aromatic heterocycles. The molecule has 3 N–H and O–H groups in total. The van der Waals surface area contributed by atoms with Crippen molar-refractivity contribution in [2.45, 2.75) is 56.3 Å². The van der Waals surface area contributed by atoms with Crippen LogP contribution in [0.5, 0.6) is 0 Å². The summed E-state index contributed by atoms with van der Waals surface area (Å²) in [5, 5.41) is 14.2. The van der Waals surface area contributed by atoms with E-state index in [1.165, 1.54) is 19.2 Å². The zero-order chi connectivity index (χ0) is 19.6. The molecule has 0 spiro atoms. The first kappa shape index (κ1) is 19.7. The van der Waals surface area contributed by atoms with Crippen LogP contribution in [0.3, 0.4) is 0 Å². The van der Waals surface area contributed by atoms with E-state index in [0.717, 1.165) is 23.8 Å². The molecule has 12 nitrogen and oxygen atoms in total. The lowest BCUT2D eigenvalue weighted by Crippen LogP contribution is -2.44. The fourth-order valence-electron chi connectivity index (χ4n) is 2.95. The van der Waals surface area contributed by atoms with Crippen LogP contribution < -0.4 is 11.4 Å². The molecule has 27 heavy (non-hydrogen) atoms. The molecule has 2 fully saturated rings. The highest BCUT2D eigenvalue weighted by molar-refractivity contribution is 7.33. The van der Waals surface area contributed by atoms with Gasteiger partial charge in [0.2, 0.25) is 0 Å². The molecular formula is C14H20N6O6P+. The number of hydrogen-bond donors (Lipinski definition) is 2. The van der Waals surface area contributed by atoms with Gasteiger partial charge in [-0.2, -0.15) is 4.98 Å². The average molecular weight is 399 g/mol. The fraction of sp³-hybridized carbons (Fsp3) is 0.714. The molecule has 1 aliphatic heterocycles. The minimum atomic E-state index is -2.37. The van der Waals surface area contributed by atoms with E-state index < -0.39 is 37.9 Å². The number of nitrogens with zero attached hydrogens (tertiary/aromatic N) is 5. The Morgan fingerprint density at radius 1 is 1.63 bits per heavy atom. The summed E-state index contributed by atoms with van der Waals surface area (Å²) in [6.45, 7) is 1.17. The Kier molecular flexibility index (Phi) is 5.75. The Bertz CT molecular complexity index is 825. The Morgan fingerprint density at radius 2 is 2.37 bits per heavy atom. The van der Waals surface area contributed by atoms with E-state index in [4.69, 9.17) is 25.0 Å². The monoisotopic (exact) mass is 399 g/mol. The third-order valence-electron chi connectivity index (χ3n) is 4.75. The summed E-state index contributed by atoms with van der Waals surface area (Å²) in [6.07, 6.45) is 0.458. The lowest BCUT2D eigenvalue weighted by molar-refractivity contribution is -0.0463. The highest BCUT2D eigenvalue weighted by Gasteiger charge is 2.55.